The van der Waals surface area contributed by atoms with Crippen molar-refractivity contribution >= 4 is 23.4 Å². The first-order valence-electron chi connectivity index (χ1n) is 5.33. The van der Waals surface area contributed by atoms with Gasteiger partial charge in [0.25, 0.3) is 0 Å². The SMILES string of the molecule is Clc1nccnc1Sc1nnnn1-c1ccccc1. The van der Waals surface area contributed by atoms with Gasteiger partial charge in [0.15, 0.2) is 5.15 Å². The number of halogens is 1. The zero-order chi connectivity index (χ0) is 13.1. The molecule has 2 aromatic heterocycles. The molecule has 3 rings (SSSR count). The van der Waals surface area contributed by atoms with E-state index < -0.39 is 0 Å². The van der Waals surface area contributed by atoms with E-state index in [0.29, 0.717) is 15.3 Å². The molecule has 0 bridgehead atoms. The molecule has 0 aliphatic rings. The van der Waals surface area contributed by atoms with Gasteiger partial charge >= 0.3 is 0 Å². The van der Waals surface area contributed by atoms with Crippen molar-refractivity contribution in [2.45, 2.75) is 10.2 Å². The first-order valence-corrected chi connectivity index (χ1v) is 6.52. The third kappa shape index (κ3) is 2.56. The van der Waals surface area contributed by atoms with Crippen molar-refractivity contribution in [2.24, 2.45) is 0 Å². The van der Waals surface area contributed by atoms with Crippen molar-refractivity contribution in [2.75, 3.05) is 0 Å². The Balaban J connectivity index is 1.96. The molecule has 0 unspecified atom stereocenters. The molecular weight excluding hydrogens is 284 g/mol. The van der Waals surface area contributed by atoms with Gasteiger partial charge in [0.1, 0.15) is 5.03 Å². The van der Waals surface area contributed by atoms with Crippen molar-refractivity contribution in [3.63, 3.8) is 0 Å². The van der Waals surface area contributed by atoms with E-state index in [1.54, 1.807) is 10.9 Å². The molecule has 6 nitrogen and oxygen atoms in total. The minimum atomic E-state index is 0.329. The topological polar surface area (TPSA) is 69.4 Å². The summed E-state index contributed by atoms with van der Waals surface area (Å²) in [5, 5.41) is 13.1. The summed E-state index contributed by atoms with van der Waals surface area (Å²) in [7, 11) is 0. The van der Waals surface area contributed by atoms with Gasteiger partial charge in [-0.25, -0.2) is 9.97 Å². The molecule has 0 aliphatic carbocycles. The Morgan fingerprint density at radius 2 is 1.84 bits per heavy atom. The summed E-state index contributed by atoms with van der Waals surface area (Å²) >= 11 is 7.23. The van der Waals surface area contributed by atoms with Gasteiger partial charge in [0.05, 0.1) is 5.69 Å². The number of benzene rings is 1. The summed E-state index contributed by atoms with van der Waals surface area (Å²) in [6.07, 6.45) is 3.11. The lowest BCUT2D eigenvalue weighted by Gasteiger charge is -2.03. The fourth-order valence-electron chi connectivity index (χ4n) is 1.44. The predicted octanol–water partition coefficient (Wildman–Crippen LogP) is 2.26. The molecule has 0 radical (unpaired) electrons. The average Bonchev–Trinajstić information content (AvgIpc) is 2.91. The molecule has 0 spiro atoms. The van der Waals surface area contributed by atoms with E-state index in [9.17, 15) is 0 Å². The third-order valence-electron chi connectivity index (χ3n) is 2.25. The van der Waals surface area contributed by atoms with E-state index in [2.05, 4.69) is 25.5 Å². The van der Waals surface area contributed by atoms with Crippen molar-refractivity contribution < 1.29 is 0 Å². The molecule has 8 heteroatoms. The van der Waals surface area contributed by atoms with Crippen molar-refractivity contribution in [1.29, 1.82) is 0 Å². The van der Waals surface area contributed by atoms with Crippen LogP contribution >= 0.6 is 23.4 Å². The van der Waals surface area contributed by atoms with Crippen LogP contribution in [0.4, 0.5) is 0 Å². The van der Waals surface area contributed by atoms with Crippen LogP contribution in [0.5, 0.6) is 0 Å². The molecule has 0 amide bonds. The Morgan fingerprint density at radius 1 is 1.05 bits per heavy atom. The van der Waals surface area contributed by atoms with Gasteiger partial charge in [-0.2, -0.15) is 4.68 Å². The Labute approximate surface area is 117 Å². The third-order valence-corrected chi connectivity index (χ3v) is 3.57. The maximum Gasteiger partial charge on any atom is 0.220 e. The van der Waals surface area contributed by atoms with Gasteiger partial charge in [0.2, 0.25) is 5.16 Å². The highest BCUT2D eigenvalue weighted by Crippen LogP contribution is 2.29. The normalized spacial score (nSPS) is 10.6. The molecule has 2 heterocycles. The zero-order valence-corrected chi connectivity index (χ0v) is 11.1. The van der Waals surface area contributed by atoms with E-state index >= 15 is 0 Å². The van der Waals surface area contributed by atoms with Gasteiger partial charge in [-0.1, -0.05) is 29.8 Å². The smallest absolute Gasteiger partial charge is 0.220 e. The van der Waals surface area contributed by atoms with Crippen LogP contribution in [0.25, 0.3) is 5.69 Å². The monoisotopic (exact) mass is 290 g/mol. The number of rotatable bonds is 3. The standard InChI is InChI=1S/C11H7ClN6S/c12-9-10(14-7-6-13-9)19-11-15-16-17-18(11)8-4-2-1-3-5-8/h1-7H. The summed E-state index contributed by atoms with van der Waals surface area (Å²) in [6, 6.07) is 9.60. The van der Waals surface area contributed by atoms with Crippen molar-refractivity contribution in [3.05, 3.63) is 47.9 Å². The van der Waals surface area contributed by atoms with Crippen molar-refractivity contribution in [3.8, 4) is 5.69 Å². The Morgan fingerprint density at radius 3 is 2.63 bits per heavy atom. The number of tetrazole rings is 1. The molecular formula is C11H7ClN6S. The zero-order valence-electron chi connectivity index (χ0n) is 9.51. The fourth-order valence-corrected chi connectivity index (χ4v) is 2.39. The van der Waals surface area contributed by atoms with Crippen LogP contribution in [0.3, 0.4) is 0 Å². The minimum Gasteiger partial charge on any atom is -0.245 e. The quantitative estimate of drug-likeness (QED) is 0.737. The van der Waals surface area contributed by atoms with Gasteiger partial charge in [-0.15, -0.1) is 5.10 Å². The van der Waals surface area contributed by atoms with E-state index in [0.717, 1.165) is 5.69 Å². The second-order valence-electron chi connectivity index (χ2n) is 3.46. The first kappa shape index (κ1) is 12.1. The number of hydrogen-bond donors (Lipinski definition) is 0. The Hall–Kier alpha value is -1.99. The fraction of sp³-hybridized carbons (Fsp3) is 0. The highest BCUT2D eigenvalue weighted by Gasteiger charge is 2.13. The van der Waals surface area contributed by atoms with Gasteiger partial charge in [-0.05, 0) is 34.3 Å². The second-order valence-corrected chi connectivity index (χ2v) is 4.78. The van der Waals surface area contributed by atoms with Gasteiger partial charge in [-0.3, -0.25) is 0 Å². The molecule has 19 heavy (non-hydrogen) atoms. The molecule has 0 aliphatic heterocycles. The molecule has 0 saturated heterocycles. The molecule has 3 aromatic rings. The van der Waals surface area contributed by atoms with E-state index in [4.69, 9.17) is 11.6 Å². The molecule has 0 fully saturated rings. The van der Waals surface area contributed by atoms with Crippen LogP contribution in [0, 0.1) is 0 Å². The van der Waals surface area contributed by atoms with Crippen LogP contribution in [0.1, 0.15) is 0 Å². The first-order chi connectivity index (χ1) is 9.34. The van der Waals surface area contributed by atoms with Crippen molar-refractivity contribution in [1.82, 2.24) is 30.2 Å². The van der Waals surface area contributed by atoms with Crippen LogP contribution in [-0.2, 0) is 0 Å². The lowest BCUT2D eigenvalue weighted by Crippen LogP contribution is -1.98. The summed E-state index contributed by atoms with van der Waals surface area (Å²) < 4.78 is 1.62. The number of nitrogens with zero attached hydrogens (tertiary/aromatic N) is 6. The van der Waals surface area contributed by atoms with Crippen LogP contribution < -0.4 is 0 Å². The van der Waals surface area contributed by atoms with Gasteiger partial charge in [0, 0.05) is 12.4 Å². The number of hydrogen-bond acceptors (Lipinski definition) is 6. The second kappa shape index (κ2) is 5.33. The number of aromatic nitrogens is 6. The predicted molar refractivity (Wildman–Crippen MR) is 70.3 cm³/mol. The van der Waals surface area contributed by atoms with Crippen LogP contribution in [0.15, 0.2) is 52.9 Å². The Kier molecular flexibility index (Phi) is 3.39. The molecule has 0 saturated carbocycles. The lowest BCUT2D eigenvalue weighted by atomic mass is 10.3. The minimum absolute atomic E-state index is 0.329. The highest BCUT2D eigenvalue weighted by atomic mass is 35.5. The summed E-state index contributed by atoms with van der Waals surface area (Å²) in [5.41, 5.74) is 0.870. The summed E-state index contributed by atoms with van der Waals surface area (Å²) in [5.74, 6) is 0. The molecule has 94 valence electrons. The molecule has 1 aromatic carbocycles. The summed E-state index contributed by atoms with van der Waals surface area (Å²) in [6.45, 7) is 0. The Bertz CT molecular complexity index is 686. The molecule has 0 atom stereocenters. The lowest BCUT2D eigenvalue weighted by molar-refractivity contribution is 0.756. The molecule has 0 N–H and O–H groups in total. The largest absolute Gasteiger partial charge is 0.245 e. The van der Waals surface area contributed by atoms with E-state index in [1.165, 1.54) is 18.0 Å². The highest BCUT2D eigenvalue weighted by molar-refractivity contribution is 7.99. The van der Waals surface area contributed by atoms with Gasteiger partial charge < -0.3 is 0 Å². The van der Waals surface area contributed by atoms with E-state index in [-0.39, 0.29) is 0 Å². The average molecular weight is 291 g/mol. The van der Waals surface area contributed by atoms with Crippen LogP contribution in [0.2, 0.25) is 5.15 Å². The maximum absolute atomic E-state index is 5.97. The van der Waals surface area contributed by atoms with E-state index in [1.807, 2.05) is 30.3 Å². The maximum atomic E-state index is 5.97. The number of para-hydroxylation sites is 1. The van der Waals surface area contributed by atoms with Crippen LogP contribution in [-0.4, -0.2) is 30.2 Å². The summed E-state index contributed by atoms with van der Waals surface area (Å²) in [4.78, 5) is 8.11.